The van der Waals surface area contributed by atoms with Crippen molar-refractivity contribution >= 4 is 34.5 Å². The highest BCUT2D eigenvalue weighted by Gasteiger charge is 2.38. The van der Waals surface area contributed by atoms with E-state index in [9.17, 15) is 14.4 Å². The van der Waals surface area contributed by atoms with Crippen LogP contribution in [0.2, 0.25) is 0 Å². The van der Waals surface area contributed by atoms with E-state index in [1.165, 1.54) is 23.7 Å². The van der Waals surface area contributed by atoms with Gasteiger partial charge >= 0.3 is 5.97 Å². The molecule has 0 saturated heterocycles. The number of aromatic nitrogens is 1. The molecule has 2 aliphatic rings. The first-order valence-electron chi connectivity index (χ1n) is 12.0. The molecule has 2 aromatic carbocycles. The average molecular weight is 534 g/mol. The van der Waals surface area contributed by atoms with E-state index in [0.29, 0.717) is 38.7 Å². The van der Waals surface area contributed by atoms with Crippen LogP contribution in [0.3, 0.4) is 0 Å². The van der Waals surface area contributed by atoms with Crippen molar-refractivity contribution in [3.8, 4) is 11.5 Å². The first-order chi connectivity index (χ1) is 18.2. The highest BCUT2D eigenvalue weighted by Crippen LogP contribution is 2.38. The maximum Gasteiger partial charge on any atom is 0.338 e. The summed E-state index contributed by atoms with van der Waals surface area (Å²) < 4.78 is 18.4. The Morgan fingerprint density at radius 3 is 2.50 bits per heavy atom. The van der Waals surface area contributed by atoms with Crippen LogP contribution in [-0.4, -0.2) is 43.8 Å². The molecule has 0 saturated carbocycles. The molecule has 38 heavy (non-hydrogen) atoms. The van der Waals surface area contributed by atoms with Crippen molar-refractivity contribution < 1.29 is 23.8 Å². The number of carbonyl (C=O) groups is 2. The molecule has 0 N–H and O–H groups in total. The molecule has 0 fully saturated rings. The van der Waals surface area contributed by atoms with Crippen molar-refractivity contribution in [3.63, 3.8) is 0 Å². The van der Waals surface area contributed by atoms with Gasteiger partial charge in [0, 0.05) is 18.2 Å². The zero-order chi connectivity index (χ0) is 27.3. The number of benzene rings is 2. The number of hydrogen-bond donors (Lipinski definition) is 0. The molecule has 5 rings (SSSR count). The standard InChI is InChI=1S/C28H27N3O6S/c1-14(2)37-27(34)21-15(3)29-28-31(23(21)18-13-16(35-5)11-12-20(18)36-6)26(33)24(38-28)22-17-9-7-8-10-19(17)30(4)25(22)32/h7-14,23H,1-6H3/b24-22+/t23-/m1/s1. The molecule has 9 nitrogen and oxygen atoms in total. The number of thiazole rings is 1. The summed E-state index contributed by atoms with van der Waals surface area (Å²) in [7, 11) is 4.73. The normalized spacial score (nSPS) is 17.8. The van der Waals surface area contributed by atoms with Gasteiger partial charge in [0.15, 0.2) is 4.80 Å². The Balaban J connectivity index is 1.86. The molecular weight excluding hydrogens is 506 g/mol. The second-order valence-electron chi connectivity index (χ2n) is 9.22. The molecular formula is C28H27N3O6S. The topological polar surface area (TPSA) is 99.4 Å². The Labute approximate surface area is 222 Å². The van der Waals surface area contributed by atoms with Gasteiger partial charge in [-0.2, -0.15) is 0 Å². The Morgan fingerprint density at radius 1 is 1.08 bits per heavy atom. The molecule has 196 valence electrons. The Morgan fingerprint density at radius 2 is 1.82 bits per heavy atom. The van der Waals surface area contributed by atoms with Crippen molar-refractivity contribution in [2.24, 2.45) is 4.99 Å². The molecule has 0 bridgehead atoms. The molecule has 0 unspecified atom stereocenters. The lowest BCUT2D eigenvalue weighted by Crippen LogP contribution is -2.41. The number of likely N-dealkylation sites (N-methyl/N-ethyl adjacent to an activating group) is 1. The zero-order valence-electron chi connectivity index (χ0n) is 21.9. The van der Waals surface area contributed by atoms with Gasteiger partial charge in [-0.15, -0.1) is 0 Å². The van der Waals surface area contributed by atoms with Crippen LogP contribution in [0.1, 0.15) is 37.9 Å². The number of para-hydroxylation sites is 1. The van der Waals surface area contributed by atoms with Gasteiger partial charge in [-0.05, 0) is 45.0 Å². The molecule has 3 heterocycles. The minimum atomic E-state index is -0.915. The van der Waals surface area contributed by atoms with Gasteiger partial charge in [-0.3, -0.25) is 14.2 Å². The number of allylic oxidation sites excluding steroid dienone is 1. The van der Waals surface area contributed by atoms with Crippen LogP contribution in [0, 0.1) is 0 Å². The molecule has 1 atom stereocenters. The summed E-state index contributed by atoms with van der Waals surface area (Å²) in [6, 6.07) is 11.6. The lowest BCUT2D eigenvalue weighted by atomic mass is 9.94. The van der Waals surface area contributed by atoms with Gasteiger partial charge in [0.25, 0.3) is 11.5 Å². The monoisotopic (exact) mass is 533 g/mol. The van der Waals surface area contributed by atoms with E-state index in [1.807, 2.05) is 24.3 Å². The number of rotatable bonds is 5. The van der Waals surface area contributed by atoms with Gasteiger partial charge in [0.1, 0.15) is 22.1 Å². The quantitative estimate of drug-likeness (QED) is 0.468. The highest BCUT2D eigenvalue weighted by molar-refractivity contribution is 7.07. The third-order valence-corrected chi connectivity index (χ3v) is 7.63. The second kappa shape index (κ2) is 9.60. The van der Waals surface area contributed by atoms with Crippen LogP contribution in [0.15, 0.2) is 63.5 Å². The molecule has 2 aliphatic heterocycles. The number of ether oxygens (including phenoxy) is 3. The smallest absolute Gasteiger partial charge is 0.338 e. The molecule has 1 aromatic heterocycles. The molecule has 10 heteroatoms. The number of amides is 1. The van der Waals surface area contributed by atoms with E-state index in [-0.39, 0.29) is 22.1 Å². The molecule has 0 spiro atoms. The molecule has 3 aromatic rings. The van der Waals surface area contributed by atoms with Gasteiger partial charge in [0.2, 0.25) is 0 Å². The summed E-state index contributed by atoms with van der Waals surface area (Å²) in [5.41, 5.74) is 2.44. The fourth-order valence-electron chi connectivity index (χ4n) is 4.85. The second-order valence-corrected chi connectivity index (χ2v) is 10.2. The van der Waals surface area contributed by atoms with Crippen molar-refractivity contribution in [3.05, 3.63) is 84.5 Å². The van der Waals surface area contributed by atoms with Crippen molar-refractivity contribution in [2.75, 3.05) is 26.2 Å². The van der Waals surface area contributed by atoms with Gasteiger partial charge in [-0.25, -0.2) is 9.79 Å². The van der Waals surface area contributed by atoms with Gasteiger partial charge < -0.3 is 19.1 Å². The SMILES string of the molecule is COc1ccc(OC)c([C@@H]2C(C(=O)OC(C)C)=C(C)N=c3s/c(=C4/C(=O)N(C)c5ccccc54)c(=O)n32)c1. The van der Waals surface area contributed by atoms with E-state index in [4.69, 9.17) is 14.2 Å². The maximum atomic E-state index is 14.2. The van der Waals surface area contributed by atoms with E-state index < -0.39 is 17.6 Å². The van der Waals surface area contributed by atoms with Crippen LogP contribution in [0.4, 0.5) is 5.69 Å². The van der Waals surface area contributed by atoms with Crippen molar-refractivity contribution in [2.45, 2.75) is 32.9 Å². The van der Waals surface area contributed by atoms with E-state index >= 15 is 0 Å². The summed E-state index contributed by atoms with van der Waals surface area (Å²) in [6.45, 7) is 5.22. The first-order valence-corrected chi connectivity index (χ1v) is 12.8. The summed E-state index contributed by atoms with van der Waals surface area (Å²) in [4.78, 5) is 47.4. The van der Waals surface area contributed by atoms with Crippen LogP contribution in [-0.2, 0) is 14.3 Å². The lowest BCUT2D eigenvalue weighted by Gasteiger charge is -2.26. The molecule has 0 aliphatic carbocycles. The van der Waals surface area contributed by atoms with Crippen LogP contribution < -0.4 is 29.3 Å². The number of anilines is 1. The highest BCUT2D eigenvalue weighted by atomic mass is 32.1. The summed E-state index contributed by atoms with van der Waals surface area (Å²) in [5, 5.41) is 0. The van der Waals surface area contributed by atoms with E-state index in [1.54, 1.807) is 46.0 Å². The number of fused-ring (bicyclic) bond motifs is 2. The lowest BCUT2D eigenvalue weighted by molar-refractivity contribution is -0.143. The third-order valence-electron chi connectivity index (χ3n) is 6.57. The zero-order valence-corrected chi connectivity index (χ0v) is 22.7. The largest absolute Gasteiger partial charge is 0.497 e. The predicted molar refractivity (Wildman–Crippen MR) is 143 cm³/mol. The van der Waals surface area contributed by atoms with E-state index in [0.717, 1.165) is 17.0 Å². The minimum Gasteiger partial charge on any atom is -0.497 e. The van der Waals surface area contributed by atoms with Gasteiger partial charge in [0.05, 0.1) is 42.9 Å². The Hall–Kier alpha value is -4.18. The predicted octanol–water partition coefficient (Wildman–Crippen LogP) is 2.55. The summed E-state index contributed by atoms with van der Waals surface area (Å²) in [6.07, 6.45) is -0.384. The third kappa shape index (κ3) is 3.92. The van der Waals surface area contributed by atoms with Crippen LogP contribution in [0.25, 0.3) is 5.57 Å². The Bertz CT molecular complexity index is 1700. The summed E-state index contributed by atoms with van der Waals surface area (Å²) >= 11 is 1.12. The molecule has 1 amide bonds. The minimum absolute atomic E-state index is 0.212. The Kier molecular flexibility index (Phi) is 6.44. The number of methoxy groups -OCH3 is 2. The number of esters is 1. The fourth-order valence-corrected chi connectivity index (χ4v) is 5.98. The number of hydrogen-bond acceptors (Lipinski definition) is 8. The van der Waals surface area contributed by atoms with Crippen molar-refractivity contribution in [1.82, 2.24) is 4.57 Å². The van der Waals surface area contributed by atoms with Gasteiger partial charge in [-0.1, -0.05) is 29.5 Å². The summed E-state index contributed by atoms with van der Waals surface area (Å²) in [5.74, 6) is 0.123. The molecule has 0 radical (unpaired) electrons. The fraction of sp³-hybridized carbons (Fsp3) is 0.286. The number of carbonyl (C=O) groups excluding carboxylic acids is 2. The first kappa shape index (κ1) is 25.5. The van der Waals surface area contributed by atoms with Crippen LogP contribution in [0.5, 0.6) is 11.5 Å². The van der Waals surface area contributed by atoms with Crippen molar-refractivity contribution in [1.29, 1.82) is 0 Å². The average Bonchev–Trinajstić information content (AvgIpc) is 3.34. The van der Waals surface area contributed by atoms with E-state index in [2.05, 4.69) is 4.99 Å². The van der Waals surface area contributed by atoms with Crippen LogP contribution >= 0.6 is 11.3 Å². The maximum absolute atomic E-state index is 14.2. The number of nitrogens with zero attached hydrogens (tertiary/aromatic N) is 3.